The van der Waals surface area contributed by atoms with Crippen LogP contribution in [0.4, 0.5) is 5.69 Å². The van der Waals surface area contributed by atoms with Crippen LogP contribution in [0.1, 0.15) is 30.1 Å². The third-order valence-corrected chi connectivity index (χ3v) is 5.10. The maximum atomic E-state index is 13.0. The molecule has 0 N–H and O–H groups in total. The second-order valence-corrected chi connectivity index (χ2v) is 6.72. The molecule has 27 heavy (non-hydrogen) atoms. The molecule has 5 heteroatoms. The molecule has 5 nitrogen and oxygen atoms in total. The van der Waals surface area contributed by atoms with E-state index in [2.05, 4.69) is 0 Å². The van der Waals surface area contributed by atoms with E-state index >= 15 is 0 Å². The summed E-state index contributed by atoms with van der Waals surface area (Å²) in [5, 5.41) is 0. The third-order valence-electron chi connectivity index (χ3n) is 5.10. The first-order chi connectivity index (χ1) is 13.1. The second-order valence-electron chi connectivity index (χ2n) is 6.72. The molecule has 2 aromatic rings. The van der Waals surface area contributed by atoms with Crippen molar-refractivity contribution in [2.45, 2.75) is 19.8 Å². The number of carbonyl (C=O) groups excluding carboxylic acids is 2. The van der Waals surface area contributed by atoms with Crippen LogP contribution in [0.15, 0.2) is 54.6 Å². The Bertz CT molecular complexity index is 783. The Balaban J connectivity index is 1.62. The summed E-state index contributed by atoms with van der Waals surface area (Å²) in [7, 11) is 1.59. The first-order valence-electron chi connectivity index (χ1n) is 9.43. The van der Waals surface area contributed by atoms with Crippen molar-refractivity contribution in [3.05, 3.63) is 60.2 Å². The van der Waals surface area contributed by atoms with Crippen LogP contribution in [0.3, 0.4) is 0 Å². The van der Waals surface area contributed by atoms with Crippen molar-refractivity contribution in [3.63, 3.8) is 0 Å². The number of likely N-dealkylation sites (tertiary alicyclic amines) is 1. The molecule has 0 aliphatic carbocycles. The number of hydrogen-bond acceptors (Lipinski definition) is 3. The summed E-state index contributed by atoms with van der Waals surface area (Å²) in [4.78, 5) is 29.4. The number of ether oxygens (including phenoxy) is 1. The van der Waals surface area contributed by atoms with Crippen molar-refractivity contribution in [1.29, 1.82) is 0 Å². The van der Waals surface area contributed by atoms with Crippen molar-refractivity contribution in [3.8, 4) is 5.75 Å². The van der Waals surface area contributed by atoms with Gasteiger partial charge in [-0.3, -0.25) is 9.59 Å². The van der Waals surface area contributed by atoms with E-state index < -0.39 is 0 Å². The van der Waals surface area contributed by atoms with Gasteiger partial charge in [0.1, 0.15) is 5.75 Å². The normalized spacial score (nSPS) is 14.7. The molecule has 0 atom stereocenters. The van der Waals surface area contributed by atoms with Crippen molar-refractivity contribution < 1.29 is 14.3 Å². The van der Waals surface area contributed by atoms with Crippen LogP contribution in [0, 0.1) is 5.92 Å². The van der Waals surface area contributed by atoms with Crippen LogP contribution in [0.2, 0.25) is 0 Å². The number of carbonyl (C=O) groups is 2. The van der Waals surface area contributed by atoms with E-state index in [1.165, 1.54) is 0 Å². The predicted molar refractivity (Wildman–Crippen MR) is 106 cm³/mol. The third kappa shape index (κ3) is 4.30. The Morgan fingerprint density at radius 2 is 1.78 bits per heavy atom. The maximum absolute atomic E-state index is 13.0. The molecule has 1 aliphatic rings. The van der Waals surface area contributed by atoms with Gasteiger partial charge in [-0.15, -0.1) is 0 Å². The van der Waals surface area contributed by atoms with E-state index in [0.717, 1.165) is 5.69 Å². The van der Waals surface area contributed by atoms with Crippen LogP contribution < -0.4 is 9.64 Å². The van der Waals surface area contributed by atoms with Crippen molar-refractivity contribution in [1.82, 2.24) is 4.90 Å². The fraction of sp³-hybridized carbons (Fsp3) is 0.364. The molecule has 2 aromatic carbocycles. The average Bonchev–Trinajstić information content (AvgIpc) is 2.74. The van der Waals surface area contributed by atoms with Gasteiger partial charge in [0.05, 0.1) is 7.11 Å². The van der Waals surface area contributed by atoms with Gasteiger partial charge in [0, 0.05) is 36.8 Å². The molecule has 1 fully saturated rings. The van der Waals surface area contributed by atoms with Crippen molar-refractivity contribution >= 4 is 17.5 Å². The van der Waals surface area contributed by atoms with Gasteiger partial charge in [0.2, 0.25) is 5.91 Å². The molecule has 0 spiro atoms. The minimum Gasteiger partial charge on any atom is -0.497 e. The molecule has 1 aliphatic heterocycles. The van der Waals surface area contributed by atoms with Crippen molar-refractivity contribution in [2.24, 2.45) is 5.92 Å². The van der Waals surface area contributed by atoms with Gasteiger partial charge in [-0.2, -0.15) is 0 Å². The Kier molecular flexibility index (Phi) is 6.12. The van der Waals surface area contributed by atoms with E-state index in [0.29, 0.717) is 43.8 Å². The minimum atomic E-state index is -0.0421. The summed E-state index contributed by atoms with van der Waals surface area (Å²) in [6.45, 7) is 3.83. The molecular formula is C22H26N2O3. The highest BCUT2D eigenvalue weighted by atomic mass is 16.5. The number of para-hydroxylation sites is 1. The number of hydrogen-bond donors (Lipinski definition) is 0. The number of nitrogens with zero attached hydrogens (tertiary/aromatic N) is 2. The highest BCUT2D eigenvalue weighted by Gasteiger charge is 2.30. The predicted octanol–water partition coefficient (Wildman–Crippen LogP) is 3.60. The quantitative estimate of drug-likeness (QED) is 0.812. The van der Waals surface area contributed by atoms with E-state index in [-0.39, 0.29) is 17.7 Å². The molecule has 1 heterocycles. The lowest BCUT2D eigenvalue weighted by atomic mass is 9.94. The monoisotopic (exact) mass is 366 g/mol. The number of rotatable bonds is 5. The van der Waals surface area contributed by atoms with Crippen LogP contribution >= 0.6 is 0 Å². The largest absolute Gasteiger partial charge is 0.497 e. The summed E-state index contributed by atoms with van der Waals surface area (Å²) < 4.78 is 5.20. The zero-order valence-corrected chi connectivity index (χ0v) is 15.9. The van der Waals surface area contributed by atoms with Gasteiger partial charge in [0.25, 0.3) is 5.91 Å². The smallest absolute Gasteiger partial charge is 0.253 e. The Morgan fingerprint density at radius 1 is 1.07 bits per heavy atom. The minimum absolute atomic E-state index is 0.00444. The molecule has 1 saturated heterocycles. The van der Waals surface area contributed by atoms with E-state index in [9.17, 15) is 9.59 Å². The molecule has 0 saturated carbocycles. The summed E-state index contributed by atoms with van der Waals surface area (Å²) in [5.41, 5.74) is 1.55. The number of amides is 2. The fourth-order valence-corrected chi connectivity index (χ4v) is 3.56. The molecule has 0 unspecified atom stereocenters. The van der Waals surface area contributed by atoms with Gasteiger partial charge in [-0.1, -0.05) is 24.3 Å². The van der Waals surface area contributed by atoms with Crippen LogP contribution in [-0.2, 0) is 4.79 Å². The summed E-state index contributed by atoms with van der Waals surface area (Å²) in [6, 6.07) is 17.0. The highest BCUT2D eigenvalue weighted by Crippen LogP contribution is 2.25. The average molecular weight is 366 g/mol. The highest BCUT2D eigenvalue weighted by molar-refractivity contribution is 5.96. The van der Waals surface area contributed by atoms with Crippen LogP contribution in [-0.4, -0.2) is 43.5 Å². The fourth-order valence-electron chi connectivity index (χ4n) is 3.56. The van der Waals surface area contributed by atoms with Gasteiger partial charge < -0.3 is 14.5 Å². The summed E-state index contributed by atoms with van der Waals surface area (Å²) in [6.07, 6.45) is 1.38. The van der Waals surface area contributed by atoms with E-state index in [1.807, 2.05) is 59.2 Å². The lowest BCUT2D eigenvalue weighted by molar-refractivity contribution is -0.123. The Morgan fingerprint density at radius 3 is 2.41 bits per heavy atom. The van der Waals surface area contributed by atoms with Gasteiger partial charge >= 0.3 is 0 Å². The van der Waals surface area contributed by atoms with Gasteiger partial charge in [0.15, 0.2) is 0 Å². The topological polar surface area (TPSA) is 49.9 Å². The SMILES string of the molecule is CCN(C(=O)C1CCN(C(=O)c2cccc(OC)c2)CC1)c1ccccc1. The van der Waals surface area contributed by atoms with E-state index in [4.69, 9.17) is 4.74 Å². The zero-order chi connectivity index (χ0) is 19.2. The Hall–Kier alpha value is -2.82. The lowest BCUT2D eigenvalue weighted by Gasteiger charge is -2.34. The van der Waals surface area contributed by atoms with Gasteiger partial charge in [-0.25, -0.2) is 0 Å². The van der Waals surface area contributed by atoms with E-state index in [1.54, 1.807) is 19.2 Å². The molecule has 0 aromatic heterocycles. The van der Waals surface area contributed by atoms with Crippen LogP contribution in [0.25, 0.3) is 0 Å². The molecule has 0 bridgehead atoms. The Labute approximate surface area is 160 Å². The second kappa shape index (κ2) is 8.71. The molecule has 3 rings (SSSR count). The molecular weight excluding hydrogens is 340 g/mol. The number of methoxy groups -OCH3 is 1. The molecule has 2 amide bonds. The molecule has 0 radical (unpaired) electrons. The summed E-state index contributed by atoms with van der Waals surface area (Å²) in [5.74, 6) is 0.777. The summed E-state index contributed by atoms with van der Waals surface area (Å²) >= 11 is 0. The molecule has 142 valence electrons. The first-order valence-corrected chi connectivity index (χ1v) is 9.43. The standard InChI is InChI=1S/C22H26N2O3/c1-3-24(19-9-5-4-6-10-19)22(26)17-12-14-23(15-13-17)21(25)18-8-7-11-20(16-18)27-2/h4-11,16-17H,3,12-15H2,1-2H3. The number of benzene rings is 2. The van der Waals surface area contributed by atoms with Crippen molar-refractivity contribution in [2.75, 3.05) is 31.6 Å². The first kappa shape index (κ1) is 19.0. The number of piperidine rings is 1. The maximum Gasteiger partial charge on any atom is 0.253 e. The zero-order valence-electron chi connectivity index (χ0n) is 15.9. The van der Waals surface area contributed by atoms with Crippen LogP contribution in [0.5, 0.6) is 5.75 Å². The lowest BCUT2D eigenvalue weighted by Crippen LogP contribution is -2.44. The van der Waals surface area contributed by atoms with Gasteiger partial charge in [-0.05, 0) is 50.1 Å². The number of anilines is 1.